The van der Waals surface area contributed by atoms with E-state index in [4.69, 9.17) is 0 Å². The molecule has 0 aromatic heterocycles. The Labute approximate surface area is 129 Å². The minimum Gasteiger partial charge on any atom is -0.302 e. The lowest BCUT2D eigenvalue weighted by molar-refractivity contribution is 0.0514. The van der Waals surface area contributed by atoms with Crippen molar-refractivity contribution in [3.05, 3.63) is 35.9 Å². The average Bonchev–Trinajstić information content (AvgIpc) is 2.56. The molecule has 2 aliphatic rings. The van der Waals surface area contributed by atoms with Gasteiger partial charge in [-0.3, -0.25) is 9.80 Å². The van der Waals surface area contributed by atoms with Gasteiger partial charge in [-0.05, 0) is 31.5 Å². The lowest BCUT2D eigenvalue weighted by Gasteiger charge is -2.43. The van der Waals surface area contributed by atoms with Crippen molar-refractivity contribution in [3.63, 3.8) is 0 Å². The molecule has 2 aliphatic heterocycles. The molecule has 3 heteroatoms. The third-order valence-corrected chi connectivity index (χ3v) is 5.10. The van der Waals surface area contributed by atoms with Gasteiger partial charge in [0, 0.05) is 45.3 Å². The van der Waals surface area contributed by atoms with Crippen molar-refractivity contribution >= 4 is 0 Å². The van der Waals surface area contributed by atoms with Gasteiger partial charge in [0.05, 0.1) is 0 Å². The molecule has 21 heavy (non-hydrogen) atoms. The molecule has 1 aromatic carbocycles. The van der Waals surface area contributed by atoms with E-state index in [0.717, 1.165) is 12.6 Å². The minimum atomic E-state index is 0.803. The standard InChI is InChI=1S/C18H29N3/c1-2-19-10-6-9-18(16-19)21-13-11-20(12-14-21)15-17-7-4-3-5-8-17/h3-5,7-8,18H,2,6,9-16H2,1H3. The predicted octanol–water partition coefficient (Wildman–Crippen LogP) is 2.29. The number of hydrogen-bond acceptors (Lipinski definition) is 3. The first-order valence-corrected chi connectivity index (χ1v) is 8.58. The zero-order valence-corrected chi connectivity index (χ0v) is 13.4. The van der Waals surface area contributed by atoms with E-state index in [0.29, 0.717) is 0 Å². The maximum Gasteiger partial charge on any atom is 0.0234 e. The van der Waals surface area contributed by atoms with Crippen LogP contribution >= 0.6 is 0 Å². The van der Waals surface area contributed by atoms with Crippen molar-refractivity contribution in [1.82, 2.24) is 14.7 Å². The number of nitrogens with zero attached hydrogens (tertiary/aromatic N) is 3. The molecule has 2 heterocycles. The topological polar surface area (TPSA) is 9.72 Å². The van der Waals surface area contributed by atoms with Gasteiger partial charge >= 0.3 is 0 Å². The normalized spacial score (nSPS) is 26.0. The van der Waals surface area contributed by atoms with Crippen LogP contribution in [0.4, 0.5) is 0 Å². The Hall–Kier alpha value is -0.900. The fourth-order valence-electron chi connectivity index (χ4n) is 3.74. The molecule has 2 fully saturated rings. The zero-order chi connectivity index (χ0) is 14.5. The van der Waals surface area contributed by atoms with Crippen LogP contribution in [-0.2, 0) is 6.54 Å². The molecule has 0 bridgehead atoms. The van der Waals surface area contributed by atoms with Crippen LogP contribution in [0.25, 0.3) is 0 Å². The smallest absolute Gasteiger partial charge is 0.0234 e. The Morgan fingerprint density at radius 2 is 1.71 bits per heavy atom. The van der Waals surface area contributed by atoms with Crippen molar-refractivity contribution in [3.8, 4) is 0 Å². The molecule has 116 valence electrons. The van der Waals surface area contributed by atoms with Crippen LogP contribution < -0.4 is 0 Å². The van der Waals surface area contributed by atoms with E-state index < -0.39 is 0 Å². The predicted molar refractivity (Wildman–Crippen MR) is 88.4 cm³/mol. The van der Waals surface area contributed by atoms with Gasteiger partial charge in [0.1, 0.15) is 0 Å². The number of piperidine rings is 1. The van der Waals surface area contributed by atoms with Crippen molar-refractivity contribution < 1.29 is 0 Å². The molecule has 1 atom stereocenters. The second-order valence-electron chi connectivity index (χ2n) is 6.49. The van der Waals surface area contributed by atoms with Crippen molar-refractivity contribution in [2.45, 2.75) is 32.4 Å². The first kappa shape index (κ1) is 15.0. The average molecular weight is 287 g/mol. The highest BCUT2D eigenvalue weighted by molar-refractivity contribution is 5.14. The van der Waals surface area contributed by atoms with Gasteiger partial charge in [-0.15, -0.1) is 0 Å². The summed E-state index contributed by atoms with van der Waals surface area (Å²) in [4.78, 5) is 7.96. The number of likely N-dealkylation sites (N-methyl/N-ethyl adjacent to an activating group) is 1. The van der Waals surface area contributed by atoms with Gasteiger partial charge in [0.2, 0.25) is 0 Å². The first-order chi connectivity index (χ1) is 10.3. The zero-order valence-electron chi connectivity index (χ0n) is 13.4. The van der Waals surface area contributed by atoms with E-state index in [1.807, 2.05) is 0 Å². The largest absolute Gasteiger partial charge is 0.302 e. The van der Waals surface area contributed by atoms with Gasteiger partial charge in [-0.25, -0.2) is 0 Å². The van der Waals surface area contributed by atoms with E-state index in [-0.39, 0.29) is 0 Å². The molecule has 0 radical (unpaired) electrons. The van der Waals surface area contributed by atoms with E-state index in [1.165, 1.54) is 64.2 Å². The molecule has 0 spiro atoms. The second kappa shape index (κ2) is 7.39. The van der Waals surface area contributed by atoms with Gasteiger partial charge in [-0.2, -0.15) is 0 Å². The number of benzene rings is 1. The molecule has 1 unspecified atom stereocenters. The highest BCUT2D eigenvalue weighted by atomic mass is 15.3. The quantitative estimate of drug-likeness (QED) is 0.841. The molecule has 1 aromatic rings. The fraction of sp³-hybridized carbons (Fsp3) is 0.667. The molecular formula is C18H29N3. The summed E-state index contributed by atoms with van der Waals surface area (Å²) in [6.45, 7) is 12.1. The minimum absolute atomic E-state index is 0.803. The lowest BCUT2D eigenvalue weighted by atomic mass is 10.0. The summed E-state index contributed by atoms with van der Waals surface area (Å²) >= 11 is 0. The van der Waals surface area contributed by atoms with Gasteiger partial charge < -0.3 is 4.90 Å². The Kier molecular flexibility index (Phi) is 5.28. The van der Waals surface area contributed by atoms with E-state index in [2.05, 4.69) is 52.0 Å². The van der Waals surface area contributed by atoms with Crippen LogP contribution in [0.15, 0.2) is 30.3 Å². The second-order valence-corrected chi connectivity index (χ2v) is 6.49. The lowest BCUT2D eigenvalue weighted by Crippen LogP contribution is -2.54. The van der Waals surface area contributed by atoms with Crippen LogP contribution in [0.5, 0.6) is 0 Å². The van der Waals surface area contributed by atoms with Crippen LogP contribution in [0, 0.1) is 0 Å². The van der Waals surface area contributed by atoms with Crippen LogP contribution in [0.2, 0.25) is 0 Å². The van der Waals surface area contributed by atoms with E-state index >= 15 is 0 Å². The van der Waals surface area contributed by atoms with Crippen LogP contribution in [0.3, 0.4) is 0 Å². The Bertz CT molecular complexity index is 412. The van der Waals surface area contributed by atoms with Gasteiger partial charge in [0.25, 0.3) is 0 Å². The highest BCUT2D eigenvalue weighted by Gasteiger charge is 2.27. The molecule has 0 aliphatic carbocycles. The molecule has 2 saturated heterocycles. The van der Waals surface area contributed by atoms with Crippen molar-refractivity contribution in [2.24, 2.45) is 0 Å². The highest BCUT2D eigenvalue weighted by Crippen LogP contribution is 2.18. The first-order valence-electron chi connectivity index (χ1n) is 8.58. The summed E-state index contributed by atoms with van der Waals surface area (Å²) < 4.78 is 0. The van der Waals surface area contributed by atoms with Gasteiger partial charge in [0.15, 0.2) is 0 Å². The third kappa shape index (κ3) is 4.06. The van der Waals surface area contributed by atoms with Crippen LogP contribution in [0.1, 0.15) is 25.3 Å². The molecular weight excluding hydrogens is 258 g/mol. The van der Waals surface area contributed by atoms with Crippen molar-refractivity contribution in [1.29, 1.82) is 0 Å². The Balaban J connectivity index is 1.46. The Morgan fingerprint density at radius 1 is 0.952 bits per heavy atom. The molecule has 3 nitrogen and oxygen atoms in total. The summed E-state index contributed by atoms with van der Waals surface area (Å²) in [5, 5.41) is 0. The number of hydrogen-bond donors (Lipinski definition) is 0. The monoisotopic (exact) mass is 287 g/mol. The summed E-state index contributed by atoms with van der Waals surface area (Å²) in [5.41, 5.74) is 1.45. The SMILES string of the molecule is CCN1CCCC(N2CCN(Cc3ccccc3)CC2)C1. The fourth-order valence-corrected chi connectivity index (χ4v) is 3.74. The van der Waals surface area contributed by atoms with E-state index in [1.54, 1.807) is 0 Å². The number of piperazine rings is 1. The third-order valence-electron chi connectivity index (χ3n) is 5.10. The van der Waals surface area contributed by atoms with Crippen molar-refractivity contribution in [2.75, 3.05) is 45.8 Å². The Morgan fingerprint density at radius 3 is 2.43 bits per heavy atom. The van der Waals surface area contributed by atoms with E-state index in [9.17, 15) is 0 Å². The maximum atomic E-state index is 2.74. The summed E-state index contributed by atoms with van der Waals surface area (Å²) in [6.07, 6.45) is 2.78. The molecule has 3 rings (SSSR count). The number of likely N-dealkylation sites (tertiary alicyclic amines) is 1. The maximum absolute atomic E-state index is 2.74. The molecule has 0 amide bonds. The van der Waals surface area contributed by atoms with Gasteiger partial charge in [-0.1, -0.05) is 37.3 Å². The summed E-state index contributed by atoms with van der Waals surface area (Å²) in [7, 11) is 0. The number of rotatable bonds is 4. The van der Waals surface area contributed by atoms with Crippen LogP contribution in [-0.4, -0.2) is 66.6 Å². The molecule has 0 saturated carbocycles. The summed E-state index contributed by atoms with van der Waals surface area (Å²) in [5.74, 6) is 0. The summed E-state index contributed by atoms with van der Waals surface area (Å²) in [6, 6.07) is 11.7. The molecule has 0 N–H and O–H groups in total.